The zero-order valence-electron chi connectivity index (χ0n) is 21.8. The van der Waals surface area contributed by atoms with E-state index in [0.29, 0.717) is 37.6 Å². The monoisotopic (exact) mass is 518 g/mol. The number of nitrogens with zero attached hydrogens (tertiary/aromatic N) is 2. The van der Waals surface area contributed by atoms with Gasteiger partial charge in [-0.2, -0.15) is 0 Å². The maximum absolute atomic E-state index is 13.4. The first-order valence-corrected chi connectivity index (χ1v) is 13.2. The predicted molar refractivity (Wildman–Crippen MR) is 140 cm³/mol. The molecule has 2 amide bonds. The van der Waals surface area contributed by atoms with Crippen molar-refractivity contribution in [2.45, 2.75) is 52.5 Å². The van der Waals surface area contributed by atoms with E-state index in [9.17, 15) is 14.4 Å². The lowest BCUT2D eigenvalue weighted by atomic mass is 10.1. The summed E-state index contributed by atoms with van der Waals surface area (Å²) in [5, 5.41) is 1.98. The molecule has 0 radical (unpaired) electrons. The van der Waals surface area contributed by atoms with E-state index >= 15 is 0 Å². The van der Waals surface area contributed by atoms with Crippen molar-refractivity contribution in [1.82, 2.24) is 9.80 Å². The molecule has 0 unspecified atom stereocenters. The second kappa shape index (κ2) is 15.8. The lowest BCUT2D eigenvalue weighted by Crippen LogP contribution is -2.43. The Bertz CT molecular complexity index is 963. The molecule has 0 aliphatic heterocycles. The van der Waals surface area contributed by atoms with Gasteiger partial charge < -0.3 is 24.0 Å². The van der Waals surface area contributed by atoms with Crippen LogP contribution in [0.25, 0.3) is 0 Å². The van der Waals surface area contributed by atoms with Crippen molar-refractivity contribution in [3.63, 3.8) is 0 Å². The van der Waals surface area contributed by atoms with Gasteiger partial charge in [-0.15, -0.1) is 11.3 Å². The molecule has 1 aromatic heterocycles. The highest BCUT2D eigenvalue weighted by atomic mass is 32.1. The Kier molecular flexibility index (Phi) is 12.8. The average Bonchev–Trinajstić information content (AvgIpc) is 3.40. The largest absolute Gasteiger partial charge is 0.493 e. The lowest BCUT2D eigenvalue weighted by molar-refractivity contribution is -0.146. The molecule has 36 heavy (non-hydrogen) atoms. The average molecular weight is 519 g/mol. The Morgan fingerprint density at radius 2 is 1.69 bits per heavy atom. The fourth-order valence-electron chi connectivity index (χ4n) is 3.69. The summed E-state index contributed by atoms with van der Waals surface area (Å²) < 4.78 is 15.7. The molecular weight excluding hydrogens is 480 g/mol. The van der Waals surface area contributed by atoms with Crippen LogP contribution in [0.2, 0.25) is 0 Å². The second-order valence-electron chi connectivity index (χ2n) is 8.31. The first-order chi connectivity index (χ1) is 17.4. The lowest BCUT2D eigenvalue weighted by Gasteiger charge is -2.28. The van der Waals surface area contributed by atoms with Crippen LogP contribution in [-0.2, 0) is 32.1 Å². The molecule has 0 aliphatic carbocycles. The van der Waals surface area contributed by atoms with Crippen LogP contribution in [0.4, 0.5) is 0 Å². The van der Waals surface area contributed by atoms with Gasteiger partial charge in [0.1, 0.15) is 0 Å². The number of benzene rings is 1. The summed E-state index contributed by atoms with van der Waals surface area (Å²) in [5.74, 6) is 0.567. The van der Waals surface area contributed by atoms with Gasteiger partial charge in [-0.1, -0.05) is 25.5 Å². The molecule has 1 heterocycles. The Labute approximate surface area is 218 Å². The maximum Gasteiger partial charge on any atom is 0.306 e. The number of carbonyl (C=O) groups is 3. The van der Waals surface area contributed by atoms with Crippen molar-refractivity contribution in [3.05, 3.63) is 46.2 Å². The van der Waals surface area contributed by atoms with Gasteiger partial charge >= 0.3 is 5.97 Å². The third-order valence-electron chi connectivity index (χ3n) is 5.71. The summed E-state index contributed by atoms with van der Waals surface area (Å²) in [6.45, 7) is 5.48. The summed E-state index contributed by atoms with van der Waals surface area (Å²) in [5.41, 5.74) is 1.02. The Morgan fingerprint density at radius 1 is 0.917 bits per heavy atom. The molecule has 0 spiro atoms. The third kappa shape index (κ3) is 9.53. The quantitative estimate of drug-likeness (QED) is 0.308. The second-order valence-corrected chi connectivity index (χ2v) is 9.34. The van der Waals surface area contributed by atoms with Crippen LogP contribution in [0.3, 0.4) is 0 Å². The molecule has 1 aromatic carbocycles. The number of methoxy groups -OCH3 is 2. The maximum atomic E-state index is 13.4. The number of amides is 2. The van der Waals surface area contributed by atoms with E-state index < -0.39 is 5.97 Å². The molecule has 0 atom stereocenters. The van der Waals surface area contributed by atoms with Gasteiger partial charge in [-0.05, 0) is 48.9 Å². The first-order valence-electron chi connectivity index (χ1n) is 12.4. The smallest absolute Gasteiger partial charge is 0.306 e. The third-order valence-corrected chi connectivity index (χ3v) is 6.57. The van der Waals surface area contributed by atoms with Crippen molar-refractivity contribution < 1.29 is 28.6 Å². The molecule has 8 nitrogen and oxygen atoms in total. The van der Waals surface area contributed by atoms with Crippen molar-refractivity contribution in [2.75, 3.05) is 40.5 Å². The van der Waals surface area contributed by atoms with Crippen molar-refractivity contribution >= 4 is 29.1 Å². The molecule has 0 N–H and O–H groups in total. The van der Waals surface area contributed by atoms with E-state index in [0.717, 1.165) is 23.3 Å². The van der Waals surface area contributed by atoms with E-state index in [1.165, 1.54) is 0 Å². The van der Waals surface area contributed by atoms with Crippen LogP contribution in [0.1, 0.15) is 50.0 Å². The fraction of sp³-hybridized carbons (Fsp3) is 0.519. The van der Waals surface area contributed by atoms with E-state index in [1.54, 1.807) is 42.3 Å². The van der Waals surface area contributed by atoms with Gasteiger partial charge in [-0.25, -0.2) is 0 Å². The number of hydrogen-bond acceptors (Lipinski definition) is 7. The molecule has 0 fully saturated rings. The van der Waals surface area contributed by atoms with Crippen molar-refractivity contribution in [3.8, 4) is 11.5 Å². The highest BCUT2D eigenvalue weighted by molar-refractivity contribution is 7.09. The van der Waals surface area contributed by atoms with Crippen LogP contribution >= 0.6 is 11.3 Å². The van der Waals surface area contributed by atoms with E-state index in [1.807, 2.05) is 42.6 Å². The number of thiophene rings is 1. The van der Waals surface area contributed by atoms with Crippen LogP contribution in [0, 0.1) is 0 Å². The predicted octanol–water partition coefficient (Wildman–Crippen LogP) is 4.31. The molecule has 0 aliphatic rings. The first kappa shape index (κ1) is 29.2. The van der Waals surface area contributed by atoms with E-state index in [2.05, 4.69) is 0 Å². The summed E-state index contributed by atoms with van der Waals surface area (Å²) >= 11 is 1.59. The molecule has 198 valence electrons. The number of carbonyl (C=O) groups excluding carboxylic acids is 3. The molecular formula is C27H38N2O6S. The molecule has 2 rings (SSSR count). The molecule has 9 heteroatoms. The van der Waals surface area contributed by atoms with E-state index in [4.69, 9.17) is 14.2 Å². The topological polar surface area (TPSA) is 85.4 Å². The molecule has 0 bridgehead atoms. The van der Waals surface area contributed by atoms with Gasteiger partial charge in [0, 0.05) is 24.4 Å². The minimum Gasteiger partial charge on any atom is -0.493 e. The normalized spacial score (nSPS) is 10.6. The summed E-state index contributed by atoms with van der Waals surface area (Å²) in [7, 11) is 3.19. The van der Waals surface area contributed by atoms with Gasteiger partial charge in [0.05, 0.1) is 40.3 Å². The highest BCUT2D eigenvalue weighted by Gasteiger charge is 2.22. The van der Waals surface area contributed by atoms with Gasteiger partial charge in [0.2, 0.25) is 11.8 Å². The van der Waals surface area contributed by atoms with Crippen LogP contribution in [-0.4, -0.2) is 68.0 Å². The number of ether oxygens (including phenoxy) is 3. The molecule has 2 aromatic rings. The SMILES string of the molecule is CCCCN(CC(=O)N(CCc1ccc(OC)c(OC)c1)Cc1cccs1)C(=O)CCC(=O)OCC. The van der Waals surface area contributed by atoms with Gasteiger partial charge in [0.25, 0.3) is 0 Å². The Morgan fingerprint density at radius 3 is 2.33 bits per heavy atom. The Hall–Kier alpha value is -3.07. The number of rotatable bonds is 16. The van der Waals surface area contributed by atoms with Crippen molar-refractivity contribution in [1.29, 1.82) is 0 Å². The van der Waals surface area contributed by atoms with Gasteiger partial charge in [-0.3, -0.25) is 14.4 Å². The summed E-state index contributed by atoms with van der Waals surface area (Å²) in [6.07, 6.45) is 2.36. The Balaban J connectivity index is 2.11. The standard InChI is InChI=1S/C27H38N2O6S/c1-5-7-15-28(25(30)12-13-27(32)35-6-2)20-26(31)29(19-22-9-8-17-36-22)16-14-21-10-11-23(33-3)24(18-21)34-4/h8-11,17-18H,5-7,12-16,19-20H2,1-4H3. The zero-order valence-corrected chi connectivity index (χ0v) is 22.6. The minimum atomic E-state index is -0.401. The number of esters is 1. The summed E-state index contributed by atoms with van der Waals surface area (Å²) in [6, 6.07) is 9.69. The van der Waals surface area contributed by atoms with Crippen LogP contribution in [0.15, 0.2) is 35.7 Å². The highest BCUT2D eigenvalue weighted by Crippen LogP contribution is 2.28. The van der Waals surface area contributed by atoms with Crippen LogP contribution < -0.4 is 9.47 Å². The zero-order chi connectivity index (χ0) is 26.3. The van der Waals surface area contributed by atoms with E-state index in [-0.39, 0.29) is 37.8 Å². The minimum absolute atomic E-state index is 0.0149. The van der Waals surface area contributed by atoms with Gasteiger partial charge in [0.15, 0.2) is 11.5 Å². The summed E-state index contributed by atoms with van der Waals surface area (Å²) in [4.78, 5) is 42.5. The van der Waals surface area contributed by atoms with Crippen LogP contribution in [0.5, 0.6) is 11.5 Å². The number of hydrogen-bond donors (Lipinski definition) is 0. The fourth-order valence-corrected chi connectivity index (χ4v) is 4.41. The molecule has 0 saturated carbocycles. The molecule has 0 saturated heterocycles. The van der Waals surface area contributed by atoms with Crippen molar-refractivity contribution in [2.24, 2.45) is 0 Å². The number of unbranched alkanes of at least 4 members (excludes halogenated alkanes) is 1.